The van der Waals surface area contributed by atoms with E-state index in [1.54, 1.807) is 0 Å². The molecule has 1 N–H and O–H groups in total. The van der Waals surface area contributed by atoms with E-state index in [9.17, 15) is 14.3 Å². The van der Waals surface area contributed by atoms with Crippen molar-refractivity contribution in [3.8, 4) is 5.75 Å². The molecule has 3 nitrogen and oxygen atoms in total. The average Bonchev–Trinajstić information content (AvgIpc) is 2.21. The summed E-state index contributed by atoms with van der Waals surface area (Å²) in [4.78, 5) is 11.4. The highest BCUT2D eigenvalue weighted by atomic mass is 79.9. The van der Waals surface area contributed by atoms with E-state index in [1.165, 1.54) is 6.07 Å². The number of carbonyl (C=O) groups excluding carboxylic acids is 1. The molecular weight excluding hydrogens is 291 g/mol. The summed E-state index contributed by atoms with van der Waals surface area (Å²) < 4.78 is 18.9. The molecule has 0 fully saturated rings. The van der Waals surface area contributed by atoms with Gasteiger partial charge in [0, 0.05) is 0 Å². The highest BCUT2D eigenvalue weighted by Gasteiger charge is 2.28. The predicted molar refractivity (Wildman–Crippen MR) is 65.8 cm³/mol. The van der Waals surface area contributed by atoms with Crippen LogP contribution in [-0.2, 0) is 10.2 Å². The van der Waals surface area contributed by atoms with Gasteiger partial charge in [-0.1, -0.05) is 20.8 Å². The maximum atomic E-state index is 14.2. The zero-order chi connectivity index (χ0) is 13.4. The van der Waals surface area contributed by atoms with E-state index >= 15 is 0 Å². The number of carbonyl (C=O) groups is 1. The van der Waals surface area contributed by atoms with Crippen molar-refractivity contribution in [1.29, 1.82) is 0 Å². The number of methoxy groups -OCH3 is 1. The summed E-state index contributed by atoms with van der Waals surface area (Å²) in [7, 11) is 1.14. The fourth-order valence-electron chi connectivity index (χ4n) is 1.45. The van der Waals surface area contributed by atoms with Gasteiger partial charge in [-0.2, -0.15) is 0 Å². The van der Waals surface area contributed by atoms with Gasteiger partial charge in [0.25, 0.3) is 0 Å². The summed E-state index contributed by atoms with van der Waals surface area (Å²) in [6.45, 7) is 5.45. The summed E-state index contributed by atoms with van der Waals surface area (Å²) in [5.74, 6) is -2.08. The van der Waals surface area contributed by atoms with Crippen LogP contribution in [0.1, 0.15) is 36.7 Å². The summed E-state index contributed by atoms with van der Waals surface area (Å²) in [5.41, 5.74) is -0.585. The molecule has 94 valence electrons. The van der Waals surface area contributed by atoms with E-state index in [0.29, 0.717) is 5.56 Å². The monoisotopic (exact) mass is 304 g/mol. The van der Waals surface area contributed by atoms with Crippen molar-refractivity contribution >= 4 is 21.9 Å². The van der Waals surface area contributed by atoms with Crippen LogP contribution in [0, 0.1) is 5.82 Å². The second-order valence-corrected chi connectivity index (χ2v) is 5.54. The normalized spacial score (nSPS) is 11.4. The summed E-state index contributed by atoms with van der Waals surface area (Å²) in [6.07, 6.45) is 0. The van der Waals surface area contributed by atoms with Gasteiger partial charge in [-0.3, -0.25) is 0 Å². The van der Waals surface area contributed by atoms with Crippen molar-refractivity contribution in [2.75, 3.05) is 7.11 Å². The number of phenolic OH excluding ortho intramolecular Hbond substituents is 1. The lowest BCUT2D eigenvalue weighted by Gasteiger charge is -2.22. The fraction of sp³-hybridized carbons (Fsp3) is 0.417. The minimum Gasteiger partial charge on any atom is -0.506 e. The standard InChI is InChI=1S/C12H14BrFO3/c1-12(2,3)6-5-7(13)10(15)8(9(6)14)11(16)17-4/h5,15H,1-4H3. The SMILES string of the molecule is COC(=O)c1c(O)c(Br)cc(C(C)(C)C)c1F. The second kappa shape index (κ2) is 4.64. The van der Waals surface area contributed by atoms with E-state index in [2.05, 4.69) is 20.7 Å². The molecule has 0 saturated carbocycles. The minimum atomic E-state index is -0.896. The van der Waals surface area contributed by atoms with E-state index in [4.69, 9.17) is 0 Å². The lowest BCUT2D eigenvalue weighted by atomic mass is 9.85. The Bertz CT molecular complexity index is 464. The average molecular weight is 305 g/mol. The Morgan fingerprint density at radius 3 is 2.41 bits per heavy atom. The molecule has 0 spiro atoms. The Hall–Kier alpha value is -1.10. The summed E-state index contributed by atoms with van der Waals surface area (Å²) >= 11 is 3.10. The van der Waals surface area contributed by atoms with Gasteiger partial charge < -0.3 is 9.84 Å². The molecule has 0 aliphatic rings. The minimum absolute atomic E-state index is 0.268. The van der Waals surface area contributed by atoms with Crippen LogP contribution in [0.15, 0.2) is 10.5 Å². The van der Waals surface area contributed by atoms with Crippen LogP contribution < -0.4 is 0 Å². The zero-order valence-corrected chi connectivity index (χ0v) is 11.7. The highest BCUT2D eigenvalue weighted by molar-refractivity contribution is 9.10. The van der Waals surface area contributed by atoms with Crippen LogP contribution in [-0.4, -0.2) is 18.2 Å². The van der Waals surface area contributed by atoms with E-state index in [0.717, 1.165) is 7.11 Å². The lowest BCUT2D eigenvalue weighted by Crippen LogP contribution is -2.17. The van der Waals surface area contributed by atoms with Crippen molar-refractivity contribution in [3.05, 3.63) is 27.5 Å². The molecule has 0 aliphatic heterocycles. The van der Waals surface area contributed by atoms with Crippen LogP contribution in [0.2, 0.25) is 0 Å². The van der Waals surface area contributed by atoms with Crippen molar-refractivity contribution in [2.45, 2.75) is 26.2 Å². The van der Waals surface area contributed by atoms with Gasteiger partial charge in [-0.25, -0.2) is 9.18 Å². The Labute approximate surface area is 108 Å². The molecule has 0 amide bonds. The zero-order valence-electron chi connectivity index (χ0n) is 10.1. The molecule has 0 heterocycles. The molecule has 1 rings (SSSR count). The van der Waals surface area contributed by atoms with Crippen LogP contribution in [0.5, 0.6) is 5.75 Å². The molecule has 0 unspecified atom stereocenters. The first-order valence-electron chi connectivity index (χ1n) is 5.00. The van der Waals surface area contributed by atoms with Crippen molar-refractivity contribution in [1.82, 2.24) is 0 Å². The van der Waals surface area contributed by atoms with Gasteiger partial charge in [-0.05, 0) is 33.0 Å². The first-order chi connectivity index (χ1) is 7.70. The topological polar surface area (TPSA) is 46.5 Å². The molecule has 5 heteroatoms. The van der Waals surface area contributed by atoms with E-state index < -0.39 is 28.5 Å². The molecule has 0 atom stereocenters. The van der Waals surface area contributed by atoms with Gasteiger partial charge in [0.15, 0.2) is 0 Å². The number of hydrogen-bond donors (Lipinski definition) is 1. The van der Waals surface area contributed by atoms with Crippen LogP contribution in [0.25, 0.3) is 0 Å². The Morgan fingerprint density at radius 2 is 2.00 bits per heavy atom. The van der Waals surface area contributed by atoms with Crippen LogP contribution in [0.4, 0.5) is 4.39 Å². The molecule has 1 aromatic carbocycles. The maximum Gasteiger partial charge on any atom is 0.344 e. The van der Waals surface area contributed by atoms with Gasteiger partial charge in [0.05, 0.1) is 11.6 Å². The smallest absolute Gasteiger partial charge is 0.344 e. The number of rotatable bonds is 1. The molecule has 0 aromatic heterocycles. The van der Waals surface area contributed by atoms with Gasteiger partial charge >= 0.3 is 5.97 Å². The Balaban J connectivity index is 3.60. The quantitative estimate of drug-likeness (QED) is 0.809. The molecular formula is C12H14BrFO3. The first kappa shape index (κ1) is 14.0. The number of halogens is 2. The highest BCUT2D eigenvalue weighted by Crippen LogP contribution is 2.37. The number of esters is 1. The number of ether oxygens (including phenoxy) is 1. The van der Waals surface area contributed by atoms with Gasteiger partial charge in [0.1, 0.15) is 17.1 Å². The fourth-order valence-corrected chi connectivity index (χ4v) is 1.88. The van der Waals surface area contributed by atoms with Gasteiger partial charge in [0.2, 0.25) is 0 Å². The van der Waals surface area contributed by atoms with Crippen LogP contribution in [0.3, 0.4) is 0 Å². The number of aromatic hydroxyl groups is 1. The van der Waals surface area contributed by atoms with Crippen molar-refractivity contribution in [2.24, 2.45) is 0 Å². The van der Waals surface area contributed by atoms with E-state index in [-0.39, 0.29) is 4.47 Å². The number of benzene rings is 1. The Morgan fingerprint density at radius 1 is 1.47 bits per heavy atom. The number of hydrogen-bond acceptors (Lipinski definition) is 3. The summed E-state index contributed by atoms with van der Waals surface area (Å²) in [6, 6.07) is 1.47. The lowest BCUT2D eigenvalue weighted by molar-refractivity contribution is 0.0591. The Kier molecular flexibility index (Phi) is 3.81. The first-order valence-corrected chi connectivity index (χ1v) is 5.79. The van der Waals surface area contributed by atoms with Crippen LogP contribution >= 0.6 is 15.9 Å². The molecule has 1 aromatic rings. The number of phenols is 1. The summed E-state index contributed by atoms with van der Waals surface area (Å²) in [5, 5.41) is 9.68. The largest absolute Gasteiger partial charge is 0.506 e. The third-order valence-corrected chi connectivity index (χ3v) is 2.99. The predicted octanol–water partition coefficient (Wildman–Crippen LogP) is 3.38. The molecule has 0 radical (unpaired) electrons. The molecule has 0 saturated heterocycles. The van der Waals surface area contributed by atoms with E-state index in [1.807, 2.05) is 20.8 Å². The third-order valence-electron chi connectivity index (χ3n) is 2.39. The third kappa shape index (κ3) is 2.60. The molecule has 0 aliphatic carbocycles. The molecule has 17 heavy (non-hydrogen) atoms. The maximum absolute atomic E-state index is 14.2. The second-order valence-electron chi connectivity index (χ2n) is 4.69. The van der Waals surface area contributed by atoms with Crippen molar-refractivity contribution < 1.29 is 19.0 Å². The molecule has 0 bridgehead atoms. The van der Waals surface area contributed by atoms with Gasteiger partial charge in [-0.15, -0.1) is 0 Å². The van der Waals surface area contributed by atoms with Crippen molar-refractivity contribution in [3.63, 3.8) is 0 Å².